The number of amides is 2. The fourth-order valence-electron chi connectivity index (χ4n) is 3.33. The molecule has 0 radical (unpaired) electrons. The summed E-state index contributed by atoms with van der Waals surface area (Å²) < 4.78 is 19.2. The van der Waals surface area contributed by atoms with E-state index in [0.29, 0.717) is 36.9 Å². The number of benzene rings is 1. The average Bonchev–Trinajstić information content (AvgIpc) is 3.36. The Morgan fingerprint density at radius 3 is 2.86 bits per heavy atom. The highest BCUT2D eigenvalue weighted by molar-refractivity contribution is 5.93. The van der Waals surface area contributed by atoms with Gasteiger partial charge < -0.3 is 9.64 Å². The number of nitrogens with one attached hydrogen (secondary N) is 1. The third kappa shape index (κ3) is 3.17. The van der Waals surface area contributed by atoms with E-state index in [9.17, 15) is 9.18 Å². The molecule has 2 aromatic heterocycles. The Kier molecular flexibility index (Phi) is 4.68. The molecule has 0 spiro atoms. The predicted octanol–water partition coefficient (Wildman–Crippen LogP) is 3.37. The summed E-state index contributed by atoms with van der Waals surface area (Å²) in [6.07, 6.45) is 3.44. The third-order valence-corrected chi connectivity index (χ3v) is 4.96. The number of hydrogen-bond donors (Lipinski definition) is 1. The molecule has 2 amide bonds. The molecule has 4 rings (SSSR count). The largest absolute Gasteiger partial charge is 0.480 e. The van der Waals surface area contributed by atoms with Crippen molar-refractivity contribution in [2.75, 3.05) is 25.1 Å². The van der Waals surface area contributed by atoms with Gasteiger partial charge in [0, 0.05) is 37.0 Å². The van der Waals surface area contributed by atoms with Crippen LogP contribution in [0.25, 0.3) is 11.1 Å². The van der Waals surface area contributed by atoms with E-state index in [1.54, 1.807) is 48.4 Å². The Bertz CT molecular complexity index is 1010. The monoisotopic (exact) mass is 381 g/mol. The molecular formula is C20H20FN5O2. The van der Waals surface area contributed by atoms with Crippen LogP contribution < -0.4 is 9.64 Å². The molecule has 3 aromatic rings. The lowest BCUT2D eigenvalue weighted by atomic mass is 10.1. The smallest absolute Gasteiger partial charge is 0.326 e. The van der Waals surface area contributed by atoms with Crippen LogP contribution in [0.5, 0.6) is 5.88 Å². The van der Waals surface area contributed by atoms with E-state index in [0.717, 1.165) is 16.7 Å². The minimum Gasteiger partial charge on any atom is -0.480 e. The summed E-state index contributed by atoms with van der Waals surface area (Å²) in [5.41, 5.74) is 3.01. The first-order valence-electron chi connectivity index (χ1n) is 8.93. The Morgan fingerprint density at radius 1 is 1.25 bits per heavy atom. The SMILES string of the molecule is COc1nc(N2CCN(Cc3cccc(F)c3C)C2=O)ccc1-c1cn[nH]c1. The number of H-pyrrole nitrogens is 1. The summed E-state index contributed by atoms with van der Waals surface area (Å²) in [6.45, 7) is 3.14. The molecular weight excluding hydrogens is 361 g/mol. The van der Waals surface area contributed by atoms with Crippen LogP contribution in [0.1, 0.15) is 11.1 Å². The molecule has 28 heavy (non-hydrogen) atoms. The second-order valence-electron chi connectivity index (χ2n) is 6.59. The highest BCUT2D eigenvalue weighted by atomic mass is 19.1. The van der Waals surface area contributed by atoms with E-state index in [1.807, 2.05) is 12.1 Å². The second-order valence-corrected chi connectivity index (χ2v) is 6.59. The van der Waals surface area contributed by atoms with Gasteiger partial charge in [0.25, 0.3) is 0 Å². The summed E-state index contributed by atoms with van der Waals surface area (Å²) in [6, 6.07) is 8.42. The maximum absolute atomic E-state index is 13.8. The van der Waals surface area contributed by atoms with Crippen LogP contribution in [0, 0.1) is 12.7 Å². The fraction of sp³-hybridized carbons (Fsp3) is 0.250. The van der Waals surface area contributed by atoms with Crippen molar-refractivity contribution in [3.63, 3.8) is 0 Å². The highest BCUT2D eigenvalue weighted by Gasteiger charge is 2.31. The number of urea groups is 1. The van der Waals surface area contributed by atoms with Gasteiger partial charge in [-0.2, -0.15) is 10.1 Å². The molecule has 1 aliphatic rings. The minimum absolute atomic E-state index is 0.158. The number of anilines is 1. The number of methoxy groups -OCH3 is 1. The van der Waals surface area contributed by atoms with Crippen molar-refractivity contribution in [3.05, 3.63) is 59.7 Å². The number of aromatic nitrogens is 3. The average molecular weight is 381 g/mol. The van der Waals surface area contributed by atoms with Crippen molar-refractivity contribution in [3.8, 4) is 17.0 Å². The van der Waals surface area contributed by atoms with Crippen LogP contribution in [-0.4, -0.2) is 46.3 Å². The molecule has 0 saturated carbocycles. The third-order valence-electron chi connectivity index (χ3n) is 4.96. The van der Waals surface area contributed by atoms with Crippen molar-refractivity contribution < 1.29 is 13.9 Å². The topological polar surface area (TPSA) is 74.3 Å². The maximum atomic E-state index is 13.8. The molecule has 3 heterocycles. The summed E-state index contributed by atoms with van der Waals surface area (Å²) >= 11 is 0. The van der Waals surface area contributed by atoms with Crippen LogP contribution in [0.15, 0.2) is 42.7 Å². The zero-order chi connectivity index (χ0) is 19.7. The van der Waals surface area contributed by atoms with Crippen LogP contribution in [0.3, 0.4) is 0 Å². The van der Waals surface area contributed by atoms with Crippen molar-refractivity contribution in [1.29, 1.82) is 0 Å². The van der Waals surface area contributed by atoms with Crippen molar-refractivity contribution in [2.24, 2.45) is 0 Å². The van der Waals surface area contributed by atoms with Crippen LogP contribution in [0.2, 0.25) is 0 Å². The summed E-state index contributed by atoms with van der Waals surface area (Å²) in [4.78, 5) is 20.7. The summed E-state index contributed by atoms with van der Waals surface area (Å²) in [7, 11) is 1.54. The zero-order valence-corrected chi connectivity index (χ0v) is 15.6. The van der Waals surface area contributed by atoms with E-state index in [1.165, 1.54) is 6.07 Å². The highest BCUT2D eigenvalue weighted by Crippen LogP contribution is 2.31. The number of halogens is 1. The number of rotatable bonds is 5. The number of nitrogens with zero attached hydrogens (tertiary/aromatic N) is 4. The number of pyridine rings is 1. The van der Waals surface area contributed by atoms with Gasteiger partial charge in [-0.1, -0.05) is 12.1 Å². The van der Waals surface area contributed by atoms with Gasteiger partial charge in [-0.05, 0) is 36.2 Å². The molecule has 0 unspecified atom stereocenters. The van der Waals surface area contributed by atoms with Gasteiger partial charge in [-0.25, -0.2) is 9.18 Å². The molecule has 1 fully saturated rings. The van der Waals surface area contributed by atoms with Crippen molar-refractivity contribution in [2.45, 2.75) is 13.5 Å². The number of carbonyl (C=O) groups excluding carboxylic acids is 1. The Hall–Kier alpha value is -3.42. The van der Waals surface area contributed by atoms with E-state index < -0.39 is 0 Å². The molecule has 8 heteroatoms. The van der Waals surface area contributed by atoms with Gasteiger partial charge in [0.15, 0.2) is 0 Å². The molecule has 1 saturated heterocycles. The molecule has 0 bridgehead atoms. The Balaban J connectivity index is 1.56. The molecule has 1 N–H and O–H groups in total. The fourth-order valence-corrected chi connectivity index (χ4v) is 3.33. The van der Waals surface area contributed by atoms with E-state index in [4.69, 9.17) is 4.74 Å². The standard InChI is InChI=1S/C20H20FN5O2/c1-13-14(4-3-5-17(13)21)12-25-8-9-26(20(25)27)18-7-6-16(19(24-18)28-2)15-10-22-23-11-15/h3-7,10-11H,8-9,12H2,1-2H3,(H,22,23). The molecule has 1 aliphatic heterocycles. The summed E-state index contributed by atoms with van der Waals surface area (Å²) in [5, 5.41) is 6.71. The van der Waals surface area contributed by atoms with Crippen molar-refractivity contribution in [1.82, 2.24) is 20.1 Å². The van der Waals surface area contributed by atoms with Crippen LogP contribution in [0.4, 0.5) is 15.0 Å². The van der Waals surface area contributed by atoms with Crippen molar-refractivity contribution >= 4 is 11.8 Å². The van der Waals surface area contributed by atoms with E-state index >= 15 is 0 Å². The number of carbonyl (C=O) groups is 1. The number of hydrogen-bond acceptors (Lipinski definition) is 4. The summed E-state index contributed by atoms with van der Waals surface area (Å²) in [5.74, 6) is 0.681. The van der Waals surface area contributed by atoms with Gasteiger partial charge in [-0.3, -0.25) is 10.00 Å². The predicted molar refractivity (Wildman–Crippen MR) is 103 cm³/mol. The first-order valence-corrected chi connectivity index (χ1v) is 8.93. The first-order chi connectivity index (χ1) is 13.6. The second kappa shape index (κ2) is 7.30. The number of aromatic amines is 1. The Labute approximate surface area is 161 Å². The Morgan fingerprint density at radius 2 is 2.11 bits per heavy atom. The molecule has 7 nitrogen and oxygen atoms in total. The van der Waals surface area contributed by atoms with Gasteiger partial charge >= 0.3 is 6.03 Å². The molecule has 0 aliphatic carbocycles. The molecule has 144 valence electrons. The van der Waals surface area contributed by atoms with E-state index in [2.05, 4.69) is 15.2 Å². The van der Waals surface area contributed by atoms with Crippen LogP contribution >= 0.6 is 0 Å². The minimum atomic E-state index is -0.262. The maximum Gasteiger partial charge on any atom is 0.326 e. The van der Waals surface area contributed by atoms with Gasteiger partial charge in [-0.15, -0.1) is 0 Å². The van der Waals surface area contributed by atoms with Crippen LogP contribution in [-0.2, 0) is 6.54 Å². The van der Waals surface area contributed by atoms with Gasteiger partial charge in [0.2, 0.25) is 5.88 Å². The van der Waals surface area contributed by atoms with Gasteiger partial charge in [0.1, 0.15) is 11.6 Å². The molecule has 1 aromatic carbocycles. The normalized spacial score (nSPS) is 14.0. The lowest BCUT2D eigenvalue weighted by Gasteiger charge is -2.20. The zero-order valence-electron chi connectivity index (χ0n) is 15.6. The lowest BCUT2D eigenvalue weighted by molar-refractivity contribution is 0.218. The molecule has 0 atom stereocenters. The quantitative estimate of drug-likeness (QED) is 0.735. The first kappa shape index (κ1) is 18.0. The van der Waals surface area contributed by atoms with E-state index in [-0.39, 0.29) is 11.8 Å². The van der Waals surface area contributed by atoms with Gasteiger partial charge in [0.05, 0.1) is 13.3 Å². The lowest BCUT2D eigenvalue weighted by Crippen LogP contribution is -2.32. The number of ether oxygens (including phenoxy) is 1.